The van der Waals surface area contributed by atoms with Crippen LogP contribution in [0.4, 0.5) is 0 Å². The lowest BCUT2D eigenvalue weighted by Crippen LogP contribution is -2.16. The molecule has 3 N–H and O–H groups in total. The number of carbonyl (C=O) groups excluding carboxylic acids is 1. The van der Waals surface area contributed by atoms with Crippen molar-refractivity contribution in [3.05, 3.63) is 69.7 Å². The van der Waals surface area contributed by atoms with E-state index in [9.17, 15) is 13.2 Å². The highest BCUT2D eigenvalue weighted by molar-refractivity contribution is 7.89. The van der Waals surface area contributed by atoms with Crippen LogP contribution in [0.2, 0.25) is 0 Å². The van der Waals surface area contributed by atoms with E-state index in [2.05, 4.69) is 10.5 Å². The predicted molar refractivity (Wildman–Crippen MR) is 106 cm³/mol. The number of amides is 1. The Morgan fingerprint density at radius 1 is 1.22 bits per heavy atom. The standard InChI is InChI=1S/C18H18N4O3S2/c1-12-10-14(11-20-21-18(23)17-4-3-9-26-17)13(2)22(12)15-5-7-16(8-6-15)27(19,24)25/h3-11H,1-2H3,(H,21,23)(H2,19,24,25)/b20-11+. The van der Waals surface area contributed by atoms with Crippen LogP contribution in [0, 0.1) is 13.8 Å². The summed E-state index contributed by atoms with van der Waals surface area (Å²) in [5.41, 5.74) is 6.01. The molecule has 0 fully saturated rings. The summed E-state index contributed by atoms with van der Waals surface area (Å²) in [5.74, 6) is -0.256. The molecule has 140 valence electrons. The van der Waals surface area contributed by atoms with Gasteiger partial charge in [0.15, 0.2) is 0 Å². The maximum Gasteiger partial charge on any atom is 0.281 e. The molecule has 0 radical (unpaired) electrons. The van der Waals surface area contributed by atoms with Gasteiger partial charge < -0.3 is 4.57 Å². The quantitative estimate of drug-likeness (QED) is 0.506. The summed E-state index contributed by atoms with van der Waals surface area (Å²) in [6.45, 7) is 3.85. The molecule has 0 bridgehead atoms. The van der Waals surface area contributed by atoms with E-state index in [0.717, 1.165) is 22.6 Å². The number of carbonyl (C=O) groups is 1. The minimum atomic E-state index is -3.73. The number of aromatic nitrogens is 1. The zero-order valence-corrected chi connectivity index (χ0v) is 16.3. The monoisotopic (exact) mass is 402 g/mol. The van der Waals surface area contributed by atoms with Crippen LogP contribution in [0.15, 0.2) is 57.8 Å². The zero-order chi connectivity index (χ0) is 19.6. The first-order valence-corrected chi connectivity index (χ1v) is 10.4. The van der Waals surface area contributed by atoms with Crippen molar-refractivity contribution in [3.63, 3.8) is 0 Å². The van der Waals surface area contributed by atoms with Crippen molar-refractivity contribution < 1.29 is 13.2 Å². The summed E-state index contributed by atoms with van der Waals surface area (Å²) < 4.78 is 24.8. The number of hydrogen-bond acceptors (Lipinski definition) is 5. The summed E-state index contributed by atoms with van der Waals surface area (Å²) in [6, 6.07) is 11.8. The molecule has 9 heteroatoms. The molecule has 0 unspecified atom stereocenters. The van der Waals surface area contributed by atoms with Crippen molar-refractivity contribution in [3.8, 4) is 5.69 Å². The fourth-order valence-electron chi connectivity index (χ4n) is 2.72. The number of nitrogens with two attached hydrogens (primary N) is 1. The molecule has 2 heterocycles. The smallest absolute Gasteiger partial charge is 0.281 e. The average molecular weight is 403 g/mol. The molecule has 27 heavy (non-hydrogen) atoms. The molecule has 0 saturated heterocycles. The second-order valence-electron chi connectivity index (χ2n) is 5.88. The van der Waals surface area contributed by atoms with E-state index in [1.807, 2.05) is 29.9 Å². The summed E-state index contributed by atoms with van der Waals surface area (Å²) in [6.07, 6.45) is 1.59. The van der Waals surface area contributed by atoms with Gasteiger partial charge in [-0.15, -0.1) is 11.3 Å². The number of benzene rings is 1. The van der Waals surface area contributed by atoms with Crippen LogP contribution >= 0.6 is 11.3 Å². The van der Waals surface area contributed by atoms with Crippen molar-refractivity contribution in [2.24, 2.45) is 10.2 Å². The first-order chi connectivity index (χ1) is 12.8. The number of aryl methyl sites for hydroxylation is 1. The first-order valence-electron chi connectivity index (χ1n) is 7.96. The van der Waals surface area contributed by atoms with Crippen molar-refractivity contribution >= 4 is 33.5 Å². The molecule has 0 spiro atoms. The molecule has 0 saturated carbocycles. The van der Waals surface area contributed by atoms with Gasteiger partial charge in [-0.3, -0.25) is 4.79 Å². The number of nitrogens with zero attached hydrogens (tertiary/aromatic N) is 2. The van der Waals surface area contributed by atoms with Gasteiger partial charge in [-0.25, -0.2) is 19.0 Å². The topological polar surface area (TPSA) is 107 Å². The van der Waals surface area contributed by atoms with Gasteiger partial charge in [0.2, 0.25) is 10.0 Å². The van der Waals surface area contributed by atoms with Gasteiger partial charge in [0.05, 0.1) is 16.0 Å². The number of hydrogen-bond donors (Lipinski definition) is 2. The van der Waals surface area contributed by atoms with E-state index in [-0.39, 0.29) is 10.8 Å². The van der Waals surface area contributed by atoms with Crippen molar-refractivity contribution in [1.29, 1.82) is 0 Å². The van der Waals surface area contributed by atoms with Crippen molar-refractivity contribution in [1.82, 2.24) is 9.99 Å². The lowest BCUT2D eigenvalue weighted by Gasteiger charge is -2.10. The number of primary sulfonamides is 1. The zero-order valence-electron chi connectivity index (χ0n) is 14.7. The Morgan fingerprint density at radius 2 is 1.93 bits per heavy atom. The fraction of sp³-hybridized carbons (Fsp3) is 0.111. The van der Waals surface area contributed by atoms with Crippen LogP contribution < -0.4 is 10.6 Å². The lowest BCUT2D eigenvalue weighted by atomic mass is 10.2. The van der Waals surface area contributed by atoms with Crippen LogP contribution in [0.3, 0.4) is 0 Å². The number of nitrogens with one attached hydrogen (secondary N) is 1. The summed E-state index contributed by atoms with van der Waals surface area (Å²) in [5, 5.41) is 11.0. The normalized spacial score (nSPS) is 11.8. The summed E-state index contributed by atoms with van der Waals surface area (Å²) >= 11 is 1.35. The molecule has 0 aliphatic carbocycles. The SMILES string of the molecule is Cc1cc(/C=N/NC(=O)c2cccs2)c(C)n1-c1ccc(S(N)(=O)=O)cc1. The largest absolute Gasteiger partial charge is 0.318 e. The minimum Gasteiger partial charge on any atom is -0.318 e. The highest BCUT2D eigenvalue weighted by Crippen LogP contribution is 2.21. The summed E-state index contributed by atoms with van der Waals surface area (Å²) in [7, 11) is -3.73. The Bertz CT molecular complexity index is 1100. The molecular weight excluding hydrogens is 384 g/mol. The molecular formula is C18H18N4O3S2. The Hall–Kier alpha value is -2.75. The molecule has 0 aliphatic heterocycles. The van der Waals surface area contributed by atoms with E-state index in [4.69, 9.17) is 5.14 Å². The third-order valence-electron chi connectivity index (χ3n) is 4.01. The van der Waals surface area contributed by atoms with Gasteiger partial charge >= 0.3 is 0 Å². The van der Waals surface area contributed by atoms with E-state index in [1.165, 1.54) is 23.5 Å². The van der Waals surface area contributed by atoms with Crippen molar-refractivity contribution in [2.45, 2.75) is 18.7 Å². The summed E-state index contributed by atoms with van der Waals surface area (Å²) in [4.78, 5) is 12.6. The Morgan fingerprint density at radius 3 is 2.52 bits per heavy atom. The van der Waals surface area contributed by atoms with Crippen LogP contribution in [-0.4, -0.2) is 25.1 Å². The Kier molecular flexibility index (Phi) is 5.26. The van der Waals surface area contributed by atoms with Crippen LogP contribution in [-0.2, 0) is 10.0 Å². The third kappa shape index (κ3) is 4.16. The number of sulfonamides is 1. The number of thiophene rings is 1. The average Bonchev–Trinajstić information content (AvgIpc) is 3.23. The van der Waals surface area contributed by atoms with E-state index >= 15 is 0 Å². The predicted octanol–water partition coefficient (Wildman–Crippen LogP) is 2.57. The molecule has 2 aromatic heterocycles. The van der Waals surface area contributed by atoms with Gasteiger partial charge in [0.1, 0.15) is 0 Å². The minimum absolute atomic E-state index is 0.0618. The van der Waals surface area contributed by atoms with E-state index in [0.29, 0.717) is 4.88 Å². The van der Waals surface area contributed by atoms with Crippen LogP contribution in [0.5, 0.6) is 0 Å². The molecule has 3 aromatic rings. The van der Waals surface area contributed by atoms with E-state index < -0.39 is 10.0 Å². The molecule has 3 rings (SSSR count). The van der Waals surface area contributed by atoms with Gasteiger partial charge in [-0.2, -0.15) is 5.10 Å². The maximum absolute atomic E-state index is 11.9. The fourth-order valence-corrected chi connectivity index (χ4v) is 3.85. The van der Waals surface area contributed by atoms with Crippen LogP contribution in [0.25, 0.3) is 5.69 Å². The van der Waals surface area contributed by atoms with Crippen molar-refractivity contribution in [2.75, 3.05) is 0 Å². The molecule has 0 atom stereocenters. The number of rotatable bonds is 5. The molecule has 0 aliphatic rings. The van der Waals surface area contributed by atoms with Gasteiger partial charge in [-0.05, 0) is 55.6 Å². The maximum atomic E-state index is 11.9. The first kappa shape index (κ1) is 19.0. The Labute approximate surface area is 161 Å². The highest BCUT2D eigenvalue weighted by Gasteiger charge is 2.12. The molecule has 1 amide bonds. The molecule has 1 aromatic carbocycles. The van der Waals surface area contributed by atoms with Gasteiger partial charge in [0.25, 0.3) is 5.91 Å². The van der Waals surface area contributed by atoms with E-state index in [1.54, 1.807) is 30.5 Å². The second-order valence-corrected chi connectivity index (χ2v) is 8.39. The lowest BCUT2D eigenvalue weighted by molar-refractivity contribution is 0.0959. The second kappa shape index (κ2) is 7.47. The van der Waals surface area contributed by atoms with Gasteiger partial charge in [-0.1, -0.05) is 6.07 Å². The third-order valence-corrected chi connectivity index (χ3v) is 5.81. The molecule has 7 nitrogen and oxygen atoms in total. The highest BCUT2D eigenvalue weighted by atomic mass is 32.2. The number of hydrazone groups is 1. The Balaban J connectivity index is 1.82. The van der Waals surface area contributed by atoms with Crippen LogP contribution in [0.1, 0.15) is 26.6 Å². The van der Waals surface area contributed by atoms with Gasteiger partial charge in [0, 0.05) is 22.6 Å².